The minimum absolute atomic E-state index is 0.0659. The summed E-state index contributed by atoms with van der Waals surface area (Å²) in [6, 6.07) is 1.59. The van der Waals surface area contributed by atoms with E-state index in [-0.39, 0.29) is 23.7 Å². The van der Waals surface area contributed by atoms with Crippen LogP contribution in [0.5, 0.6) is 0 Å². The van der Waals surface area contributed by atoms with Gasteiger partial charge in [-0.1, -0.05) is 37.5 Å². The smallest absolute Gasteiger partial charge is 0.203 e. The SMILES string of the molecule is C=C/C=C\C=C1/CC(=O)c2oc(C(=C)C)cc2C1=O. The van der Waals surface area contributed by atoms with Crippen LogP contribution in [0.1, 0.15) is 40.0 Å². The summed E-state index contributed by atoms with van der Waals surface area (Å²) < 4.78 is 5.39. The summed E-state index contributed by atoms with van der Waals surface area (Å²) in [5.74, 6) is 0.280. The maximum Gasteiger partial charge on any atom is 0.203 e. The van der Waals surface area contributed by atoms with E-state index in [1.807, 2.05) is 0 Å². The first-order valence-corrected chi connectivity index (χ1v) is 5.90. The molecule has 0 spiro atoms. The molecule has 0 N–H and O–H groups in total. The zero-order valence-electron chi connectivity index (χ0n) is 10.7. The van der Waals surface area contributed by atoms with Crippen LogP contribution in [0.3, 0.4) is 0 Å². The molecule has 3 nitrogen and oxygen atoms in total. The van der Waals surface area contributed by atoms with Crippen LogP contribution >= 0.6 is 0 Å². The molecule has 0 fully saturated rings. The summed E-state index contributed by atoms with van der Waals surface area (Å²) in [5.41, 5.74) is 1.48. The molecule has 1 aliphatic carbocycles. The molecule has 0 radical (unpaired) electrons. The highest BCUT2D eigenvalue weighted by Crippen LogP contribution is 2.30. The summed E-state index contributed by atoms with van der Waals surface area (Å²) in [7, 11) is 0. The van der Waals surface area contributed by atoms with Gasteiger partial charge in [-0.2, -0.15) is 0 Å². The molecule has 1 heterocycles. The second-order valence-corrected chi connectivity index (χ2v) is 4.38. The molecule has 0 saturated heterocycles. The van der Waals surface area contributed by atoms with Gasteiger partial charge in [-0.15, -0.1) is 0 Å². The molecular formula is C16H14O3. The van der Waals surface area contributed by atoms with Crippen LogP contribution in [0.4, 0.5) is 0 Å². The molecule has 2 rings (SSSR count). The molecule has 1 aromatic rings. The number of carbonyl (C=O) groups excluding carboxylic acids is 2. The van der Waals surface area contributed by atoms with Crippen molar-refractivity contribution in [3.63, 3.8) is 0 Å². The van der Waals surface area contributed by atoms with E-state index >= 15 is 0 Å². The fraction of sp³-hybridized carbons (Fsp3) is 0.125. The number of ketones is 2. The Morgan fingerprint density at radius 3 is 2.74 bits per heavy atom. The van der Waals surface area contributed by atoms with Gasteiger partial charge in [0.15, 0.2) is 11.5 Å². The van der Waals surface area contributed by atoms with Crippen LogP contribution in [-0.4, -0.2) is 11.6 Å². The number of fused-ring (bicyclic) bond motifs is 1. The van der Waals surface area contributed by atoms with Gasteiger partial charge in [-0.3, -0.25) is 9.59 Å². The van der Waals surface area contributed by atoms with Gasteiger partial charge in [0, 0.05) is 12.0 Å². The Balaban J connectivity index is 2.45. The molecule has 0 saturated carbocycles. The molecule has 0 aromatic carbocycles. The van der Waals surface area contributed by atoms with Crippen LogP contribution in [0.2, 0.25) is 0 Å². The highest BCUT2D eigenvalue weighted by atomic mass is 16.3. The fourth-order valence-corrected chi connectivity index (χ4v) is 1.87. The number of Topliss-reactive ketones (excluding diaryl/α,β-unsaturated/α-hetero) is 2. The Morgan fingerprint density at radius 2 is 2.11 bits per heavy atom. The van der Waals surface area contributed by atoms with E-state index in [2.05, 4.69) is 13.2 Å². The molecule has 0 bridgehead atoms. The van der Waals surface area contributed by atoms with E-state index in [1.165, 1.54) is 0 Å². The summed E-state index contributed by atoms with van der Waals surface area (Å²) in [6.45, 7) is 9.06. The molecule has 19 heavy (non-hydrogen) atoms. The van der Waals surface area contributed by atoms with Gasteiger partial charge in [0.25, 0.3) is 0 Å². The maximum atomic E-state index is 12.2. The molecule has 0 amide bonds. The third-order valence-electron chi connectivity index (χ3n) is 2.84. The molecule has 96 valence electrons. The van der Waals surface area contributed by atoms with E-state index in [9.17, 15) is 9.59 Å². The minimum atomic E-state index is -0.180. The van der Waals surface area contributed by atoms with Crippen molar-refractivity contribution in [1.29, 1.82) is 0 Å². The maximum absolute atomic E-state index is 12.2. The lowest BCUT2D eigenvalue weighted by Gasteiger charge is -2.10. The molecule has 0 aliphatic heterocycles. The zero-order valence-corrected chi connectivity index (χ0v) is 10.7. The number of allylic oxidation sites excluding steroid dienone is 6. The van der Waals surface area contributed by atoms with Crippen molar-refractivity contribution in [2.24, 2.45) is 0 Å². The van der Waals surface area contributed by atoms with Gasteiger partial charge in [-0.05, 0) is 18.6 Å². The molecule has 1 aliphatic rings. The number of hydrogen-bond donors (Lipinski definition) is 0. The van der Waals surface area contributed by atoms with Gasteiger partial charge in [0.1, 0.15) is 5.76 Å². The predicted molar refractivity (Wildman–Crippen MR) is 74.1 cm³/mol. The lowest BCUT2D eigenvalue weighted by Crippen LogP contribution is -2.17. The first-order chi connectivity index (χ1) is 9.04. The van der Waals surface area contributed by atoms with E-state index in [0.717, 1.165) is 0 Å². The standard InChI is InChI=1S/C16H14O3/c1-4-5-6-7-11-8-13(17)16-12(15(11)18)9-14(19-16)10(2)3/h4-7,9H,1-2,8H2,3H3/b6-5-,11-7+. The molecule has 0 atom stereocenters. The Labute approximate surface area is 111 Å². The molecular weight excluding hydrogens is 240 g/mol. The number of carbonyl (C=O) groups is 2. The van der Waals surface area contributed by atoms with Crippen LogP contribution in [0.15, 0.2) is 53.5 Å². The Bertz CT molecular complexity index is 639. The van der Waals surface area contributed by atoms with E-state index in [1.54, 1.807) is 37.3 Å². The molecule has 3 heteroatoms. The van der Waals surface area contributed by atoms with Crippen LogP contribution in [0.25, 0.3) is 5.57 Å². The minimum Gasteiger partial charge on any atom is -0.453 e. The zero-order chi connectivity index (χ0) is 14.0. The summed E-state index contributed by atoms with van der Waals surface area (Å²) >= 11 is 0. The number of hydrogen-bond acceptors (Lipinski definition) is 3. The Kier molecular flexibility index (Phi) is 3.47. The fourth-order valence-electron chi connectivity index (χ4n) is 1.87. The monoisotopic (exact) mass is 254 g/mol. The second kappa shape index (κ2) is 5.06. The van der Waals surface area contributed by atoms with Crippen molar-refractivity contribution < 1.29 is 14.0 Å². The van der Waals surface area contributed by atoms with Crippen molar-refractivity contribution in [3.05, 3.63) is 66.2 Å². The average Bonchev–Trinajstić information content (AvgIpc) is 2.81. The summed E-state index contributed by atoms with van der Waals surface area (Å²) in [4.78, 5) is 24.2. The van der Waals surface area contributed by atoms with Gasteiger partial charge in [0.05, 0.1) is 5.56 Å². The quantitative estimate of drug-likeness (QED) is 0.609. The molecule has 1 aromatic heterocycles. The van der Waals surface area contributed by atoms with E-state index < -0.39 is 0 Å². The van der Waals surface area contributed by atoms with Gasteiger partial charge >= 0.3 is 0 Å². The van der Waals surface area contributed by atoms with Crippen molar-refractivity contribution in [3.8, 4) is 0 Å². The lowest BCUT2D eigenvalue weighted by molar-refractivity contribution is 0.0913. The average molecular weight is 254 g/mol. The van der Waals surface area contributed by atoms with Gasteiger partial charge < -0.3 is 4.42 Å². The Hall–Kier alpha value is -2.42. The van der Waals surface area contributed by atoms with Crippen LogP contribution in [0, 0.1) is 0 Å². The third-order valence-corrected chi connectivity index (χ3v) is 2.84. The van der Waals surface area contributed by atoms with Crippen molar-refractivity contribution >= 4 is 17.1 Å². The van der Waals surface area contributed by atoms with E-state index in [4.69, 9.17) is 4.42 Å². The summed E-state index contributed by atoms with van der Waals surface area (Å²) in [5, 5.41) is 0. The lowest BCUT2D eigenvalue weighted by atomic mass is 9.90. The predicted octanol–water partition coefficient (Wildman–Crippen LogP) is 3.75. The number of furan rings is 1. The van der Waals surface area contributed by atoms with Crippen LogP contribution < -0.4 is 0 Å². The van der Waals surface area contributed by atoms with Crippen molar-refractivity contribution in [2.75, 3.05) is 0 Å². The number of rotatable bonds is 3. The van der Waals surface area contributed by atoms with Crippen LogP contribution in [-0.2, 0) is 0 Å². The topological polar surface area (TPSA) is 47.3 Å². The van der Waals surface area contributed by atoms with Crippen molar-refractivity contribution in [2.45, 2.75) is 13.3 Å². The normalized spacial score (nSPS) is 17.0. The first kappa shape index (κ1) is 13.0. The van der Waals surface area contributed by atoms with Gasteiger partial charge in [0.2, 0.25) is 5.78 Å². The summed E-state index contributed by atoms with van der Waals surface area (Å²) in [6.07, 6.45) is 6.70. The van der Waals surface area contributed by atoms with E-state index in [0.29, 0.717) is 22.5 Å². The molecule has 0 unspecified atom stereocenters. The largest absolute Gasteiger partial charge is 0.453 e. The highest BCUT2D eigenvalue weighted by Gasteiger charge is 2.31. The van der Waals surface area contributed by atoms with Crippen molar-refractivity contribution in [1.82, 2.24) is 0 Å². The second-order valence-electron chi connectivity index (χ2n) is 4.38. The Morgan fingerprint density at radius 1 is 1.37 bits per heavy atom. The third kappa shape index (κ3) is 2.40. The van der Waals surface area contributed by atoms with Gasteiger partial charge in [-0.25, -0.2) is 0 Å². The first-order valence-electron chi connectivity index (χ1n) is 5.90. The highest BCUT2D eigenvalue weighted by molar-refractivity contribution is 6.21.